The van der Waals surface area contributed by atoms with Crippen LogP contribution in [-0.2, 0) is 19.4 Å². The van der Waals surface area contributed by atoms with Gasteiger partial charge in [0, 0.05) is 5.56 Å². The quantitative estimate of drug-likeness (QED) is 0.602. The van der Waals surface area contributed by atoms with Crippen LogP contribution in [0.25, 0.3) is 0 Å². The third-order valence-electron chi connectivity index (χ3n) is 2.66. The van der Waals surface area contributed by atoms with Crippen LogP contribution in [0.1, 0.15) is 17.3 Å². The summed E-state index contributed by atoms with van der Waals surface area (Å²) in [5.41, 5.74) is -0.287. The van der Waals surface area contributed by atoms with Crippen LogP contribution in [0, 0.1) is 11.6 Å². The lowest BCUT2D eigenvalue weighted by Gasteiger charge is -2.11. The zero-order valence-corrected chi connectivity index (χ0v) is 11.5. The molecule has 0 bridgehead atoms. The second-order valence-corrected chi connectivity index (χ2v) is 6.34. The molecule has 1 unspecified atom stereocenters. The van der Waals surface area contributed by atoms with Gasteiger partial charge in [0.15, 0.2) is 27.3 Å². The number of ether oxygens (including phenoxy) is 1. The summed E-state index contributed by atoms with van der Waals surface area (Å²) in [5.74, 6) is -5.29. The average molecular weight is 306 g/mol. The van der Waals surface area contributed by atoms with E-state index in [1.165, 1.54) is 0 Å². The van der Waals surface area contributed by atoms with Gasteiger partial charge in [0.1, 0.15) is 11.0 Å². The first-order valence-electron chi connectivity index (χ1n) is 5.46. The Hall–Kier alpha value is -1.83. The van der Waals surface area contributed by atoms with Crippen molar-refractivity contribution in [3.63, 3.8) is 0 Å². The molecule has 1 aromatic rings. The number of hydrogen-bond acceptors (Lipinski definition) is 5. The van der Waals surface area contributed by atoms with Crippen molar-refractivity contribution >= 4 is 21.6 Å². The van der Waals surface area contributed by atoms with Crippen LogP contribution in [0.2, 0.25) is 0 Å². The number of ketones is 1. The Labute approximate surface area is 114 Å². The molecule has 20 heavy (non-hydrogen) atoms. The van der Waals surface area contributed by atoms with Crippen molar-refractivity contribution in [1.29, 1.82) is 0 Å². The fraction of sp³-hybridized carbons (Fsp3) is 0.333. The summed E-state index contributed by atoms with van der Waals surface area (Å²) in [4.78, 5) is 22.9. The summed E-state index contributed by atoms with van der Waals surface area (Å²) in [6, 6.07) is 2.31. The van der Waals surface area contributed by atoms with Crippen molar-refractivity contribution in [2.45, 2.75) is 12.2 Å². The maximum Gasteiger partial charge on any atom is 0.320 e. The smallest absolute Gasteiger partial charge is 0.320 e. The van der Waals surface area contributed by atoms with Gasteiger partial charge < -0.3 is 4.74 Å². The van der Waals surface area contributed by atoms with E-state index < -0.39 is 44.2 Å². The van der Waals surface area contributed by atoms with Crippen LogP contribution in [0.5, 0.6) is 0 Å². The van der Waals surface area contributed by atoms with Gasteiger partial charge in [-0.2, -0.15) is 0 Å². The largest absolute Gasteiger partial charge is 0.468 e. The summed E-state index contributed by atoms with van der Waals surface area (Å²) < 4.78 is 53.5. The topological polar surface area (TPSA) is 77.5 Å². The van der Waals surface area contributed by atoms with Gasteiger partial charge in [0.25, 0.3) is 0 Å². The van der Waals surface area contributed by atoms with Crippen molar-refractivity contribution < 1.29 is 31.5 Å². The van der Waals surface area contributed by atoms with Gasteiger partial charge in [0.2, 0.25) is 0 Å². The number of Topliss-reactive ketones (excluding diaryl/α,β-unsaturated/α-hetero) is 1. The molecule has 0 N–H and O–H groups in total. The highest BCUT2D eigenvalue weighted by Crippen LogP contribution is 2.14. The molecule has 0 saturated heterocycles. The van der Waals surface area contributed by atoms with Crippen molar-refractivity contribution in [2.75, 3.05) is 12.9 Å². The molecular weight excluding hydrogens is 294 g/mol. The standard InChI is InChI=1S/C12H12F2O5S/c1-7(20(17,18)6-11(15)19-2)12(16)8-3-4-9(13)10(14)5-8/h3-5,7H,6H2,1-2H3. The first kappa shape index (κ1) is 16.2. The zero-order chi connectivity index (χ0) is 15.5. The van der Waals surface area contributed by atoms with Gasteiger partial charge in [-0.3, -0.25) is 9.59 Å². The normalized spacial score (nSPS) is 12.8. The summed E-state index contributed by atoms with van der Waals surface area (Å²) in [6.07, 6.45) is 0. The number of carbonyl (C=O) groups is 2. The fourth-order valence-electron chi connectivity index (χ4n) is 1.40. The molecule has 0 aliphatic heterocycles. The van der Waals surface area contributed by atoms with Crippen LogP contribution in [-0.4, -0.2) is 38.3 Å². The highest BCUT2D eigenvalue weighted by Gasteiger charge is 2.31. The van der Waals surface area contributed by atoms with Crippen molar-refractivity contribution in [1.82, 2.24) is 0 Å². The first-order chi connectivity index (χ1) is 9.19. The maximum atomic E-state index is 13.0. The lowest BCUT2D eigenvalue weighted by Crippen LogP contribution is -2.32. The van der Waals surface area contributed by atoms with E-state index in [0.29, 0.717) is 6.07 Å². The molecule has 0 saturated carbocycles. The molecule has 0 fully saturated rings. The van der Waals surface area contributed by atoms with E-state index in [4.69, 9.17) is 0 Å². The van der Waals surface area contributed by atoms with Gasteiger partial charge >= 0.3 is 5.97 Å². The van der Waals surface area contributed by atoms with E-state index in [9.17, 15) is 26.8 Å². The molecule has 0 amide bonds. The van der Waals surface area contributed by atoms with Crippen molar-refractivity contribution in [3.05, 3.63) is 35.4 Å². The highest BCUT2D eigenvalue weighted by atomic mass is 32.2. The molecule has 0 spiro atoms. The lowest BCUT2D eigenvalue weighted by atomic mass is 10.1. The van der Waals surface area contributed by atoms with Gasteiger partial charge in [-0.1, -0.05) is 0 Å². The minimum absolute atomic E-state index is 0.287. The number of carbonyl (C=O) groups excluding carboxylic acids is 2. The predicted molar refractivity (Wildman–Crippen MR) is 66.0 cm³/mol. The molecule has 0 aromatic heterocycles. The van der Waals surface area contributed by atoms with Crippen LogP contribution in [0.3, 0.4) is 0 Å². The Morgan fingerprint density at radius 2 is 1.85 bits per heavy atom. The Balaban J connectivity index is 3.01. The molecule has 110 valence electrons. The Morgan fingerprint density at radius 3 is 2.35 bits per heavy atom. The average Bonchev–Trinajstić information content (AvgIpc) is 2.39. The van der Waals surface area contributed by atoms with E-state index in [-0.39, 0.29) is 5.56 Å². The molecule has 0 radical (unpaired) electrons. The summed E-state index contributed by atoms with van der Waals surface area (Å²) in [7, 11) is -3.07. The van der Waals surface area contributed by atoms with Crippen LogP contribution in [0.15, 0.2) is 18.2 Å². The van der Waals surface area contributed by atoms with Crippen LogP contribution in [0.4, 0.5) is 8.78 Å². The number of rotatable bonds is 5. The molecule has 1 rings (SSSR count). The Morgan fingerprint density at radius 1 is 1.25 bits per heavy atom. The predicted octanol–water partition coefficient (Wildman–Crippen LogP) is 1.12. The van der Waals surface area contributed by atoms with Crippen molar-refractivity contribution in [3.8, 4) is 0 Å². The number of halogens is 2. The molecule has 8 heteroatoms. The van der Waals surface area contributed by atoms with E-state index >= 15 is 0 Å². The van der Waals surface area contributed by atoms with Gasteiger partial charge in [0.05, 0.1) is 7.11 Å². The van der Waals surface area contributed by atoms with E-state index in [2.05, 4.69) is 4.74 Å². The molecule has 0 aliphatic rings. The van der Waals surface area contributed by atoms with Crippen molar-refractivity contribution in [2.24, 2.45) is 0 Å². The summed E-state index contributed by atoms with van der Waals surface area (Å²) >= 11 is 0. The zero-order valence-electron chi connectivity index (χ0n) is 10.7. The summed E-state index contributed by atoms with van der Waals surface area (Å²) in [5, 5.41) is -1.56. The maximum absolute atomic E-state index is 13.0. The lowest BCUT2D eigenvalue weighted by molar-refractivity contribution is -0.137. The minimum Gasteiger partial charge on any atom is -0.468 e. The monoisotopic (exact) mass is 306 g/mol. The highest BCUT2D eigenvalue weighted by molar-refractivity contribution is 7.93. The molecule has 0 aliphatic carbocycles. The van der Waals surface area contributed by atoms with Crippen LogP contribution >= 0.6 is 0 Å². The minimum atomic E-state index is -4.08. The molecular formula is C12H12F2O5S. The number of sulfone groups is 1. The number of hydrogen-bond donors (Lipinski definition) is 0. The Bertz CT molecular complexity index is 639. The fourth-order valence-corrected chi connectivity index (χ4v) is 2.55. The number of methoxy groups -OCH3 is 1. The molecule has 5 nitrogen and oxygen atoms in total. The molecule has 1 atom stereocenters. The SMILES string of the molecule is COC(=O)CS(=O)(=O)C(C)C(=O)c1ccc(F)c(F)c1. The van der Waals surface area contributed by atoms with E-state index in [1.54, 1.807) is 0 Å². The third-order valence-corrected chi connectivity index (χ3v) is 4.59. The molecule has 1 aromatic carbocycles. The third kappa shape index (κ3) is 3.60. The van der Waals surface area contributed by atoms with Gasteiger partial charge in [-0.15, -0.1) is 0 Å². The molecule has 0 heterocycles. The number of esters is 1. The number of benzene rings is 1. The Kier molecular flexibility index (Phi) is 4.93. The summed E-state index contributed by atoms with van der Waals surface area (Å²) in [6.45, 7) is 1.07. The first-order valence-corrected chi connectivity index (χ1v) is 7.18. The second kappa shape index (κ2) is 6.08. The van der Waals surface area contributed by atoms with Gasteiger partial charge in [-0.25, -0.2) is 17.2 Å². The second-order valence-electron chi connectivity index (χ2n) is 4.02. The van der Waals surface area contributed by atoms with Gasteiger partial charge in [-0.05, 0) is 25.1 Å². The van der Waals surface area contributed by atoms with E-state index in [1.807, 2.05) is 0 Å². The van der Waals surface area contributed by atoms with E-state index in [0.717, 1.165) is 26.2 Å². The van der Waals surface area contributed by atoms with Crippen LogP contribution < -0.4 is 0 Å².